The van der Waals surface area contributed by atoms with E-state index < -0.39 is 0 Å². The molecule has 0 aliphatic carbocycles. The van der Waals surface area contributed by atoms with Crippen molar-refractivity contribution in [2.45, 2.75) is 57.5 Å². The summed E-state index contributed by atoms with van der Waals surface area (Å²) in [6.45, 7) is 7.46. The Balaban J connectivity index is 1.71. The van der Waals surface area contributed by atoms with Crippen LogP contribution in [0.15, 0.2) is 18.7 Å². The van der Waals surface area contributed by atoms with Crippen molar-refractivity contribution in [1.29, 1.82) is 0 Å². The number of likely N-dealkylation sites (tertiary alicyclic amines) is 1. The zero-order valence-electron chi connectivity index (χ0n) is 13.3. The van der Waals surface area contributed by atoms with Crippen LogP contribution in [0.2, 0.25) is 0 Å². The quantitative estimate of drug-likeness (QED) is 0.841. The van der Waals surface area contributed by atoms with Crippen LogP contribution in [0, 0.1) is 0 Å². The highest BCUT2D eigenvalue weighted by Gasteiger charge is 2.46. The van der Waals surface area contributed by atoms with Crippen molar-refractivity contribution in [2.24, 2.45) is 0 Å². The topological polar surface area (TPSA) is 41.5 Å². The third kappa shape index (κ3) is 3.10. The fourth-order valence-electron chi connectivity index (χ4n) is 3.77. The van der Waals surface area contributed by atoms with Gasteiger partial charge in [-0.1, -0.05) is 0 Å². The van der Waals surface area contributed by atoms with Gasteiger partial charge in [-0.25, -0.2) is 9.97 Å². The monoisotopic (exact) mass is 290 g/mol. The number of likely N-dealkylation sites (N-methyl/N-ethyl adjacent to an activating group) is 1. The zero-order chi connectivity index (χ0) is 14.8. The Labute approximate surface area is 127 Å². The highest BCUT2D eigenvalue weighted by atomic mass is 16.5. The molecule has 0 amide bonds. The average molecular weight is 290 g/mol. The van der Waals surface area contributed by atoms with Crippen molar-refractivity contribution >= 4 is 0 Å². The molecule has 2 saturated heterocycles. The van der Waals surface area contributed by atoms with Crippen molar-refractivity contribution in [2.75, 3.05) is 20.2 Å². The first kappa shape index (κ1) is 14.9. The predicted octanol–water partition coefficient (Wildman–Crippen LogP) is 1.55. The Kier molecular flexibility index (Phi) is 4.52. The molecule has 5 heteroatoms. The minimum atomic E-state index is 0.343. The smallest absolute Gasteiger partial charge is 0.115 e. The highest BCUT2D eigenvalue weighted by Crippen LogP contribution is 2.33. The Morgan fingerprint density at radius 1 is 1.38 bits per heavy atom. The van der Waals surface area contributed by atoms with Gasteiger partial charge in [0.2, 0.25) is 0 Å². The SMILES string of the molecule is CC(C)N1C[C@H](N(C)Cc2cncnc2)[C@@H]2OCCC[C@@H]21. The predicted molar refractivity (Wildman–Crippen MR) is 81.9 cm³/mol. The average Bonchev–Trinajstić information content (AvgIpc) is 2.88. The van der Waals surface area contributed by atoms with Crippen molar-refractivity contribution in [3.63, 3.8) is 0 Å². The summed E-state index contributed by atoms with van der Waals surface area (Å²) in [6.07, 6.45) is 8.18. The first-order chi connectivity index (χ1) is 10.2. The van der Waals surface area contributed by atoms with Crippen LogP contribution >= 0.6 is 0 Å². The molecule has 2 fully saturated rings. The van der Waals surface area contributed by atoms with Gasteiger partial charge in [-0.05, 0) is 33.7 Å². The Morgan fingerprint density at radius 3 is 2.86 bits per heavy atom. The molecule has 3 rings (SSSR count). The van der Waals surface area contributed by atoms with Crippen LogP contribution < -0.4 is 0 Å². The molecule has 0 spiro atoms. The maximum Gasteiger partial charge on any atom is 0.115 e. The lowest BCUT2D eigenvalue weighted by Crippen LogP contribution is -2.46. The molecule has 0 bridgehead atoms. The summed E-state index contributed by atoms with van der Waals surface area (Å²) in [7, 11) is 2.19. The van der Waals surface area contributed by atoms with E-state index in [0.717, 1.165) is 25.3 Å². The van der Waals surface area contributed by atoms with Crippen LogP contribution in [0.5, 0.6) is 0 Å². The van der Waals surface area contributed by atoms with Gasteiger partial charge in [0.05, 0.1) is 12.1 Å². The molecule has 1 aromatic rings. The Hall–Kier alpha value is -1.04. The molecule has 0 N–H and O–H groups in total. The summed E-state index contributed by atoms with van der Waals surface area (Å²) < 4.78 is 6.14. The molecule has 2 aliphatic rings. The second-order valence-corrected chi connectivity index (χ2v) is 6.56. The molecule has 0 saturated carbocycles. The number of hydrogen-bond acceptors (Lipinski definition) is 5. The van der Waals surface area contributed by atoms with E-state index >= 15 is 0 Å². The number of hydrogen-bond donors (Lipinski definition) is 0. The number of aromatic nitrogens is 2. The summed E-state index contributed by atoms with van der Waals surface area (Å²) in [5, 5.41) is 0. The molecule has 0 unspecified atom stereocenters. The van der Waals surface area contributed by atoms with E-state index in [2.05, 4.69) is 40.7 Å². The van der Waals surface area contributed by atoms with Crippen LogP contribution in [0.4, 0.5) is 0 Å². The van der Waals surface area contributed by atoms with E-state index in [0.29, 0.717) is 24.2 Å². The third-order valence-corrected chi connectivity index (χ3v) is 4.81. The summed E-state index contributed by atoms with van der Waals surface area (Å²) >= 11 is 0. The second kappa shape index (κ2) is 6.38. The number of rotatable bonds is 4. The molecule has 2 aliphatic heterocycles. The zero-order valence-corrected chi connectivity index (χ0v) is 13.3. The van der Waals surface area contributed by atoms with Gasteiger partial charge >= 0.3 is 0 Å². The van der Waals surface area contributed by atoms with Crippen molar-refractivity contribution < 1.29 is 4.74 Å². The molecule has 3 heterocycles. The third-order valence-electron chi connectivity index (χ3n) is 4.81. The van der Waals surface area contributed by atoms with Gasteiger partial charge in [0.15, 0.2) is 0 Å². The highest BCUT2D eigenvalue weighted by molar-refractivity contribution is 5.06. The molecular formula is C16H26N4O. The maximum atomic E-state index is 6.14. The minimum absolute atomic E-state index is 0.343. The lowest BCUT2D eigenvalue weighted by molar-refractivity contribution is -0.0405. The van der Waals surface area contributed by atoms with Crippen LogP contribution in [0.1, 0.15) is 32.3 Å². The van der Waals surface area contributed by atoms with Gasteiger partial charge in [-0.2, -0.15) is 0 Å². The summed E-state index contributed by atoms with van der Waals surface area (Å²) in [5.41, 5.74) is 1.16. The van der Waals surface area contributed by atoms with E-state index in [1.807, 2.05) is 12.4 Å². The molecule has 3 atom stereocenters. The van der Waals surface area contributed by atoms with Crippen LogP contribution in [0.3, 0.4) is 0 Å². The number of ether oxygens (including phenoxy) is 1. The first-order valence-corrected chi connectivity index (χ1v) is 7.98. The van der Waals surface area contributed by atoms with Crippen LogP contribution in [0.25, 0.3) is 0 Å². The summed E-state index contributed by atoms with van der Waals surface area (Å²) in [5.74, 6) is 0. The molecule has 0 radical (unpaired) electrons. The number of nitrogens with zero attached hydrogens (tertiary/aromatic N) is 4. The largest absolute Gasteiger partial charge is 0.375 e. The van der Waals surface area contributed by atoms with Crippen LogP contribution in [-0.4, -0.2) is 64.2 Å². The van der Waals surface area contributed by atoms with Crippen molar-refractivity contribution in [3.8, 4) is 0 Å². The Bertz CT molecular complexity index is 453. The fourth-order valence-corrected chi connectivity index (χ4v) is 3.77. The molecule has 21 heavy (non-hydrogen) atoms. The molecular weight excluding hydrogens is 264 g/mol. The lowest BCUT2D eigenvalue weighted by atomic mass is 9.99. The van der Waals surface area contributed by atoms with E-state index in [1.54, 1.807) is 6.33 Å². The van der Waals surface area contributed by atoms with Gasteiger partial charge in [0, 0.05) is 49.7 Å². The molecule has 116 valence electrons. The number of fused-ring (bicyclic) bond motifs is 1. The van der Waals surface area contributed by atoms with Gasteiger partial charge in [0.1, 0.15) is 6.33 Å². The van der Waals surface area contributed by atoms with Gasteiger partial charge in [-0.15, -0.1) is 0 Å². The standard InChI is InChI=1S/C16H26N4O/c1-12(2)20-10-15(16-14(20)5-4-6-21-16)19(3)9-13-7-17-11-18-8-13/h7-8,11-12,14-16H,4-6,9-10H2,1-3H3/t14-,15-,16+/m0/s1. The van der Waals surface area contributed by atoms with E-state index in [1.165, 1.54) is 12.8 Å². The molecule has 5 nitrogen and oxygen atoms in total. The van der Waals surface area contributed by atoms with Crippen LogP contribution in [-0.2, 0) is 11.3 Å². The molecule has 1 aromatic heterocycles. The first-order valence-electron chi connectivity index (χ1n) is 7.98. The molecule has 0 aromatic carbocycles. The van der Waals surface area contributed by atoms with E-state index in [9.17, 15) is 0 Å². The lowest BCUT2D eigenvalue weighted by Gasteiger charge is -2.35. The van der Waals surface area contributed by atoms with Crippen molar-refractivity contribution in [1.82, 2.24) is 19.8 Å². The minimum Gasteiger partial charge on any atom is -0.375 e. The summed E-state index contributed by atoms with van der Waals surface area (Å²) in [6, 6.07) is 1.62. The van der Waals surface area contributed by atoms with Gasteiger partial charge < -0.3 is 4.74 Å². The summed E-state index contributed by atoms with van der Waals surface area (Å²) in [4.78, 5) is 13.2. The maximum absolute atomic E-state index is 6.14. The fraction of sp³-hybridized carbons (Fsp3) is 0.750. The Morgan fingerprint density at radius 2 is 2.14 bits per heavy atom. The second-order valence-electron chi connectivity index (χ2n) is 6.56. The van der Waals surface area contributed by atoms with Gasteiger partial charge in [0.25, 0.3) is 0 Å². The van der Waals surface area contributed by atoms with E-state index in [-0.39, 0.29) is 0 Å². The van der Waals surface area contributed by atoms with E-state index in [4.69, 9.17) is 4.74 Å². The normalized spacial score (nSPS) is 30.0. The van der Waals surface area contributed by atoms with Gasteiger partial charge in [-0.3, -0.25) is 9.80 Å². The van der Waals surface area contributed by atoms with Crippen molar-refractivity contribution in [3.05, 3.63) is 24.3 Å².